The van der Waals surface area contributed by atoms with Crippen LogP contribution < -0.4 is 17.0 Å². The highest BCUT2D eigenvalue weighted by Gasteiger charge is 2.13. The number of aromatic hydroxyl groups is 1. The maximum atomic E-state index is 10.3. The molecule has 3 aromatic rings. The predicted octanol–water partition coefficient (Wildman–Crippen LogP) is 2.07. The van der Waals surface area contributed by atoms with Crippen LogP contribution in [0, 0.1) is 0 Å². The van der Waals surface area contributed by atoms with Gasteiger partial charge in [-0.3, -0.25) is 4.99 Å². The van der Waals surface area contributed by atoms with E-state index in [2.05, 4.69) is 50.5 Å². The van der Waals surface area contributed by atoms with Crippen LogP contribution in [0.15, 0.2) is 60.1 Å². The molecule has 29 heavy (non-hydrogen) atoms. The number of phenolic OH excluding ortho intramolecular Hbond substituents is 1. The van der Waals surface area contributed by atoms with Gasteiger partial charge in [0.15, 0.2) is 0 Å². The first kappa shape index (κ1) is 22.7. The first-order chi connectivity index (χ1) is 13.3. The number of aromatic nitrogens is 2. The van der Waals surface area contributed by atoms with Gasteiger partial charge in [0.1, 0.15) is 24.7 Å². The van der Waals surface area contributed by atoms with Gasteiger partial charge in [-0.25, -0.2) is 9.13 Å². The number of nitrogens with zero attached hydrogens (tertiary/aromatic N) is 3. The van der Waals surface area contributed by atoms with E-state index in [1.807, 2.05) is 42.5 Å². The molecule has 0 radical (unpaired) electrons. The van der Waals surface area contributed by atoms with Gasteiger partial charge in [-0.15, -0.1) is 0 Å². The Kier molecular flexibility index (Phi) is 7.63. The molecule has 1 heterocycles. The molecule has 1 aromatic heterocycles. The van der Waals surface area contributed by atoms with Crippen LogP contribution in [-0.2, 0) is 13.6 Å². The van der Waals surface area contributed by atoms with Crippen LogP contribution in [0.3, 0.4) is 0 Å². The third-order valence-corrected chi connectivity index (χ3v) is 4.96. The topological polar surface area (TPSA) is 41.4 Å². The number of halogens is 1. The lowest BCUT2D eigenvalue weighted by atomic mass is 9.93. The number of imidazole rings is 1. The molecule has 2 aromatic carbocycles. The Morgan fingerprint density at radius 1 is 1.07 bits per heavy atom. The number of aryl methyl sites for hydroxylation is 1. The summed E-state index contributed by atoms with van der Waals surface area (Å²) in [6.45, 7) is 9.50. The highest BCUT2D eigenvalue weighted by atomic mass is 35.5. The lowest BCUT2D eigenvalue weighted by Gasteiger charge is -2.16. The van der Waals surface area contributed by atoms with Gasteiger partial charge in [0.05, 0.1) is 12.7 Å². The highest BCUT2D eigenvalue weighted by molar-refractivity contribution is 5.86. The summed E-state index contributed by atoms with van der Waals surface area (Å²) in [5.74, 6) is 1.03. The van der Waals surface area contributed by atoms with Crippen LogP contribution in [0.1, 0.15) is 61.8 Å². The molecule has 0 aliphatic rings. The molecule has 0 bridgehead atoms. The van der Waals surface area contributed by atoms with Gasteiger partial charge < -0.3 is 17.5 Å². The molecule has 5 heteroatoms. The quantitative estimate of drug-likeness (QED) is 0.489. The van der Waals surface area contributed by atoms with E-state index in [1.165, 1.54) is 11.1 Å². The molecule has 3 rings (SSSR count). The lowest BCUT2D eigenvalue weighted by Crippen LogP contribution is -3.00. The average Bonchev–Trinajstić information content (AvgIpc) is 3.06. The summed E-state index contributed by atoms with van der Waals surface area (Å²) in [6.07, 6.45) is 7.88. The third kappa shape index (κ3) is 5.48. The molecule has 0 spiro atoms. The van der Waals surface area contributed by atoms with Crippen LogP contribution in [0.2, 0.25) is 0 Å². The molecule has 0 atom stereocenters. The first-order valence-electron chi connectivity index (χ1n) is 9.85. The molecule has 4 nitrogen and oxygen atoms in total. The molecule has 154 valence electrons. The molecule has 0 amide bonds. The summed E-state index contributed by atoms with van der Waals surface area (Å²) in [6, 6.07) is 12.1. The zero-order chi connectivity index (χ0) is 20.3. The Morgan fingerprint density at radius 2 is 1.72 bits per heavy atom. The Hall–Kier alpha value is -2.59. The maximum absolute atomic E-state index is 10.3. The molecule has 0 aliphatic carbocycles. The Morgan fingerprint density at radius 3 is 2.28 bits per heavy atom. The van der Waals surface area contributed by atoms with Crippen molar-refractivity contribution in [2.45, 2.75) is 46.1 Å². The van der Waals surface area contributed by atoms with Gasteiger partial charge in [-0.2, -0.15) is 0 Å². The van der Waals surface area contributed by atoms with Gasteiger partial charge in [0.25, 0.3) is 0 Å². The highest BCUT2D eigenvalue weighted by Crippen LogP contribution is 2.34. The molecular weight excluding hydrogens is 382 g/mol. The van der Waals surface area contributed by atoms with E-state index in [0.29, 0.717) is 11.8 Å². The fourth-order valence-electron chi connectivity index (χ4n) is 3.41. The van der Waals surface area contributed by atoms with Crippen molar-refractivity contribution in [1.82, 2.24) is 4.57 Å². The van der Waals surface area contributed by atoms with Crippen molar-refractivity contribution in [1.29, 1.82) is 0 Å². The monoisotopic (exact) mass is 411 g/mol. The first-order valence-corrected chi connectivity index (χ1v) is 9.85. The minimum Gasteiger partial charge on any atom is -1.00 e. The SMILES string of the molecule is CC(C)c1cccc(C(C)C)c1N=Cc1cc(Cn2cc[n+](C)c2)ccc1O.[Cl-]. The third-order valence-electron chi connectivity index (χ3n) is 4.96. The molecule has 0 saturated carbocycles. The largest absolute Gasteiger partial charge is 1.00 e. The van der Waals surface area contributed by atoms with Crippen molar-refractivity contribution < 1.29 is 22.1 Å². The minimum absolute atomic E-state index is 0. The Labute approximate surface area is 180 Å². The molecule has 1 N–H and O–H groups in total. The Bertz CT molecular complexity index is 963. The fraction of sp³-hybridized carbons (Fsp3) is 0.333. The number of aliphatic imine (C=N–C) groups is 1. The molecule has 0 saturated heterocycles. The molecule has 0 aliphatic heterocycles. The summed E-state index contributed by atoms with van der Waals surface area (Å²) in [7, 11) is 2.00. The Balaban J connectivity index is 0.00000300. The van der Waals surface area contributed by atoms with E-state index < -0.39 is 0 Å². The molecule has 0 fully saturated rings. The van der Waals surface area contributed by atoms with Crippen LogP contribution in [0.4, 0.5) is 5.69 Å². The molecule has 0 unspecified atom stereocenters. The zero-order valence-corrected chi connectivity index (χ0v) is 18.6. The number of hydrogen-bond donors (Lipinski definition) is 1. The van der Waals surface area contributed by atoms with Crippen LogP contribution in [-0.4, -0.2) is 15.9 Å². The fourth-order valence-corrected chi connectivity index (χ4v) is 3.41. The maximum Gasteiger partial charge on any atom is 0.243 e. The van der Waals surface area contributed by atoms with E-state index in [1.54, 1.807) is 12.3 Å². The van der Waals surface area contributed by atoms with Gasteiger partial charge in [-0.05, 0) is 40.7 Å². The second-order valence-corrected chi connectivity index (χ2v) is 8.00. The molecular formula is C24H30ClN3O. The van der Waals surface area contributed by atoms with Crippen molar-refractivity contribution >= 4 is 11.9 Å². The van der Waals surface area contributed by atoms with E-state index in [4.69, 9.17) is 4.99 Å². The normalized spacial score (nSPS) is 11.4. The van der Waals surface area contributed by atoms with Crippen molar-refractivity contribution in [2.24, 2.45) is 12.0 Å². The van der Waals surface area contributed by atoms with E-state index in [9.17, 15) is 5.11 Å². The van der Waals surface area contributed by atoms with Crippen molar-refractivity contribution in [3.05, 3.63) is 77.4 Å². The van der Waals surface area contributed by atoms with Crippen LogP contribution in [0.5, 0.6) is 5.75 Å². The minimum atomic E-state index is 0. The van der Waals surface area contributed by atoms with Crippen LogP contribution in [0.25, 0.3) is 0 Å². The second kappa shape index (κ2) is 9.75. The average molecular weight is 412 g/mol. The van der Waals surface area contributed by atoms with Crippen LogP contribution >= 0.6 is 0 Å². The standard InChI is InChI=1S/C24H29N3O.ClH/c1-17(2)21-7-6-8-22(18(3)4)24(21)25-14-20-13-19(9-10-23(20)28)15-27-12-11-26(5)16-27;/h6-14,16-18H,15H2,1-5H3;1H. The van der Waals surface area contributed by atoms with E-state index in [-0.39, 0.29) is 18.2 Å². The second-order valence-electron chi connectivity index (χ2n) is 8.00. The van der Waals surface area contributed by atoms with Gasteiger partial charge in [-0.1, -0.05) is 52.0 Å². The van der Waals surface area contributed by atoms with Crippen molar-refractivity contribution in [2.75, 3.05) is 0 Å². The number of rotatable bonds is 6. The summed E-state index contributed by atoms with van der Waals surface area (Å²) in [5, 5.41) is 10.3. The number of hydrogen-bond acceptors (Lipinski definition) is 2. The number of benzene rings is 2. The summed E-state index contributed by atoms with van der Waals surface area (Å²) >= 11 is 0. The van der Waals surface area contributed by atoms with Gasteiger partial charge in [0.2, 0.25) is 6.33 Å². The zero-order valence-electron chi connectivity index (χ0n) is 17.8. The van der Waals surface area contributed by atoms with Gasteiger partial charge >= 0.3 is 0 Å². The lowest BCUT2D eigenvalue weighted by molar-refractivity contribution is -0.671. The number of para-hydroxylation sites is 1. The van der Waals surface area contributed by atoms with E-state index >= 15 is 0 Å². The predicted molar refractivity (Wildman–Crippen MR) is 115 cm³/mol. The summed E-state index contributed by atoms with van der Waals surface area (Å²) in [4.78, 5) is 4.84. The summed E-state index contributed by atoms with van der Waals surface area (Å²) < 4.78 is 4.12. The van der Waals surface area contributed by atoms with Gasteiger partial charge in [0, 0.05) is 11.8 Å². The van der Waals surface area contributed by atoms with Crippen molar-refractivity contribution in [3.8, 4) is 5.75 Å². The number of phenols is 1. The summed E-state index contributed by atoms with van der Waals surface area (Å²) in [5.41, 5.74) is 5.35. The van der Waals surface area contributed by atoms with Crippen molar-refractivity contribution in [3.63, 3.8) is 0 Å². The van der Waals surface area contributed by atoms with E-state index in [0.717, 1.165) is 23.4 Å². The smallest absolute Gasteiger partial charge is 0.243 e.